The fourth-order valence-electron chi connectivity index (χ4n) is 2.71. The molecule has 0 bridgehead atoms. The summed E-state index contributed by atoms with van der Waals surface area (Å²) < 4.78 is 6.75. The molecule has 0 aromatic rings. The van der Waals surface area contributed by atoms with Crippen LogP contribution in [-0.2, 0) is 4.43 Å². The van der Waals surface area contributed by atoms with Gasteiger partial charge in [0.25, 0.3) is 0 Å². The lowest BCUT2D eigenvalue weighted by Gasteiger charge is -2.44. The highest BCUT2D eigenvalue weighted by molar-refractivity contribution is 9.09. The quantitative estimate of drug-likeness (QED) is 0.275. The van der Waals surface area contributed by atoms with E-state index in [0.29, 0.717) is 11.2 Å². The van der Waals surface area contributed by atoms with Crippen molar-refractivity contribution < 1.29 is 9.53 Å². The van der Waals surface area contributed by atoms with Gasteiger partial charge in [-0.05, 0) is 24.1 Å². The number of aliphatic hydroxyl groups excluding tert-OH is 1. The first-order chi connectivity index (χ1) is 11.3. The van der Waals surface area contributed by atoms with E-state index in [2.05, 4.69) is 76.5 Å². The minimum Gasteiger partial charge on any atom is -0.413 e. The molecule has 0 aromatic heterocycles. The average molecular weight is 432 g/mol. The molecule has 0 rings (SSSR count). The van der Waals surface area contributed by atoms with Crippen molar-refractivity contribution in [3.63, 3.8) is 0 Å². The van der Waals surface area contributed by atoms with Crippen LogP contribution < -0.4 is 0 Å². The molecule has 0 fully saturated rings. The molecule has 0 aliphatic carbocycles. The molecule has 25 heavy (non-hydrogen) atoms. The van der Waals surface area contributed by atoms with E-state index in [1.807, 2.05) is 13.0 Å². The molecule has 2 nitrogen and oxygen atoms in total. The van der Waals surface area contributed by atoms with Crippen molar-refractivity contribution in [2.45, 2.75) is 85.2 Å². The van der Waals surface area contributed by atoms with E-state index in [-0.39, 0.29) is 23.0 Å². The van der Waals surface area contributed by atoms with Crippen molar-refractivity contribution in [2.24, 2.45) is 17.8 Å². The van der Waals surface area contributed by atoms with Crippen molar-refractivity contribution in [2.75, 3.05) is 5.33 Å². The first-order valence-electron chi connectivity index (χ1n) is 9.41. The van der Waals surface area contributed by atoms with Crippen LogP contribution in [0.15, 0.2) is 11.6 Å². The van der Waals surface area contributed by atoms with E-state index in [1.54, 1.807) is 0 Å². The zero-order valence-corrected chi connectivity index (χ0v) is 20.3. The maximum atomic E-state index is 10.9. The molecule has 0 aliphatic heterocycles. The Bertz CT molecular complexity index is 473. The van der Waals surface area contributed by atoms with Gasteiger partial charge in [0.2, 0.25) is 0 Å². The van der Waals surface area contributed by atoms with Gasteiger partial charge >= 0.3 is 0 Å². The Morgan fingerprint density at radius 1 is 1.28 bits per heavy atom. The van der Waals surface area contributed by atoms with E-state index in [9.17, 15) is 5.11 Å². The predicted molar refractivity (Wildman–Crippen MR) is 117 cm³/mol. The van der Waals surface area contributed by atoms with Crippen LogP contribution in [0, 0.1) is 30.1 Å². The maximum absolute atomic E-state index is 10.9. The highest BCUT2D eigenvalue weighted by Gasteiger charge is 2.42. The lowest BCUT2D eigenvalue weighted by molar-refractivity contribution is -0.0141. The Morgan fingerprint density at radius 3 is 2.16 bits per heavy atom. The summed E-state index contributed by atoms with van der Waals surface area (Å²) in [5.41, 5.74) is 0.879. The number of aliphatic hydroxyl groups is 1. The van der Waals surface area contributed by atoms with Gasteiger partial charge < -0.3 is 9.53 Å². The minimum atomic E-state index is -1.90. The number of rotatable bonds is 9. The van der Waals surface area contributed by atoms with Crippen molar-refractivity contribution in [3.05, 3.63) is 11.6 Å². The standard InChI is InChI=1S/C21H39BrO2Si/c1-11-15(3)20(24-25(9,10)21(6,7)8)17(5)19(23)16(4)13-18(12-2)14-22/h2,13,15-17,19-20,23H,11,14H2,1,3-10H3/b18-13-/t15-,16+,17+,19+,20+/m0/s1. The molecule has 4 heteroatoms. The zero-order chi connectivity index (χ0) is 20.0. The largest absolute Gasteiger partial charge is 0.413 e. The van der Waals surface area contributed by atoms with E-state index in [0.717, 1.165) is 12.0 Å². The summed E-state index contributed by atoms with van der Waals surface area (Å²) in [6.07, 6.45) is 8.13. The van der Waals surface area contributed by atoms with Gasteiger partial charge in [-0.1, -0.05) is 82.8 Å². The van der Waals surface area contributed by atoms with Crippen LogP contribution in [0.25, 0.3) is 0 Å². The van der Waals surface area contributed by atoms with Crippen molar-refractivity contribution >= 4 is 24.2 Å². The molecule has 0 amide bonds. The molecule has 0 saturated heterocycles. The topological polar surface area (TPSA) is 29.5 Å². The second kappa shape index (κ2) is 10.3. The Balaban J connectivity index is 5.48. The van der Waals surface area contributed by atoms with Gasteiger partial charge in [0.15, 0.2) is 8.32 Å². The molecule has 0 aliphatic rings. The van der Waals surface area contributed by atoms with E-state index in [1.165, 1.54) is 0 Å². The molecular formula is C21H39BrO2Si. The summed E-state index contributed by atoms with van der Waals surface area (Å²) in [7, 11) is -1.90. The highest BCUT2D eigenvalue weighted by atomic mass is 79.9. The molecule has 0 aromatic carbocycles. The van der Waals surface area contributed by atoms with Crippen molar-refractivity contribution in [3.8, 4) is 12.3 Å². The summed E-state index contributed by atoms with van der Waals surface area (Å²) in [4.78, 5) is 0. The van der Waals surface area contributed by atoms with Crippen LogP contribution in [0.2, 0.25) is 18.1 Å². The van der Waals surface area contributed by atoms with E-state index < -0.39 is 14.4 Å². The summed E-state index contributed by atoms with van der Waals surface area (Å²) in [6, 6.07) is 0. The Labute approximate surface area is 166 Å². The van der Waals surface area contributed by atoms with Gasteiger partial charge in [-0.3, -0.25) is 0 Å². The second-order valence-corrected chi connectivity index (χ2v) is 14.2. The number of hydrogen-bond donors (Lipinski definition) is 1. The van der Waals surface area contributed by atoms with Gasteiger partial charge in [0.05, 0.1) is 12.2 Å². The molecule has 146 valence electrons. The van der Waals surface area contributed by atoms with Gasteiger partial charge in [-0.2, -0.15) is 0 Å². The normalized spacial score (nSPS) is 19.7. The smallest absolute Gasteiger partial charge is 0.192 e. The number of hydrogen-bond acceptors (Lipinski definition) is 2. The second-order valence-electron chi connectivity index (χ2n) is 8.91. The lowest BCUT2D eigenvalue weighted by atomic mass is 9.83. The zero-order valence-electron chi connectivity index (χ0n) is 17.7. The minimum absolute atomic E-state index is 0.00632. The molecule has 0 saturated carbocycles. The third-order valence-corrected chi connectivity index (χ3v) is 10.9. The lowest BCUT2D eigenvalue weighted by Crippen LogP contribution is -2.49. The summed E-state index contributed by atoms with van der Waals surface area (Å²) in [5.74, 6) is 3.12. The van der Waals surface area contributed by atoms with E-state index in [4.69, 9.17) is 10.8 Å². The summed E-state index contributed by atoms with van der Waals surface area (Å²) in [5, 5.41) is 11.7. The van der Waals surface area contributed by atoms with Crippen LogP contribution in [0.5, 0.6) is 0 Å². The first-order valence-corrected chi connectivity index (χ1v) is 13.4. The van der Waals surface area contributed by atoms with Crippen molar-refractivity contribution in [1.82, 2.24) is 0 Å². The third kappa shape index (κ3) is 7.21. The summed E-state index contributed by atoms with van der Waals surface area (Å²) >= 11 is 3.40. The first kappa shape index (κ1) is 24.9. The third-order valence-electron chi connectivity index (χ3n) is 5.83. The number of allylic oxidation sites excluding steroid dienone is 1. The Morgan fingerprint density at radius 2 is 1.80 bits per heavy atom. The van der Waals surface area contributed by atoms with Gasteiger partial charge in [-0.15, -0.1) is 6.42 Å². The van der Waals surface area contributed by atoms with Crippen LogP contribution >= 0.6 is 15.9 Å². The molecule has 5 atom stereocenters. The van der Waals surface area contributed by atoms with Gasteiger partial charge in [0, 0.05) is 22.7 Å². The molecule has 0 unspecified atom stereocenters. The van der Waals surface area contributed by atoms with Crippen LogP contribution in [0.3, 0.4) is 0 Å². The Hall–Kier alpha value is -0.0831. The molecule has 1 N–H and O–H groups in total. The van der Waals surface area contributed by atoms with E-state index >= 15 is 0 Å². The fraction of sp³-hybridized carbons (Fsp3) is 0.810. The summed E-state index contributed by atoms with van der Waals surface area (Å²) in [6.45, 7) is 19.9. The molecular weight excluding hydrogens is 392 g/mol. The van der Waals surface area contributed by atoms with Crippen LogP contribution in [0.1, 0.15) is 54.9 Å². The highest BCUT2D eigenvalue weighted by Crippen LogP contribution is 2.40. The Kier molecular flexibility index (Phi) is 10.3. The maximum Gasteiger partial charge on any atom is 0.192 e. The van der Waals surface area contributed by atoms with Crippen LogP contribution in [0.4, 0.5) is 0 Å². The number of alkyl halides is 1. The molecule has 0 radical (unpaired) electrons. The van der Waals surface area contributed by atoms with Crippen molar-refractivity contribution in [1.29, 1.82) is 0 Å². The molecule has 0 heterocycles. The predicted octanol–water partition coefficient (Wildman–Crippen LogP) is 6.01. The monoisotopic (exact) mass is 430 g/mol. The van der Waals surface area contributed by atoms with Gasteiger partial charge in [-0.25, -0.2) is 0 Å². The number of halogens is 1. The van der Waals surface area contributed by atoms with Crippen LogP contribution in [-0.4, -0.2) is 31.0 Å². The SMILES string of the molecule is C#C/C(=C/[C@@H](C)[C@@H](O)[C@@H](C)[C@H](O[Si](C)(C)C(C)(C)C)[C@@H](C)CC)CBr. The average Bonchev–Trinajstić information content (AvgIpc) is 2.54. The fourth-order valence-corrected chi connectivity index (χ4v) is 4.54. The number of terminal acetylenes is 1. The molecule has 0 spiro atoms. The van der Waals surface area contributed by atoms with Gasteiger partial charge in [0.1, 0.15) is 0 Å².